The second-order valence-corrected chi connectivity index (χ2v) is 5.60. The van der Waals surface area contributed by atoms with E-state index in [4.69, 9.17) is 4.55 Å². The van der Waals surface area contributed by atoms with Gasteiger partial charge >= 0.3 is 10.1 Å². The molecule has 0 saturated carbocycles. The van der Waals surface area contributed by atoms with E-state index in [1.54, 1.807) is 13.0 Å². The molecule has 0 radical (unpaired) electrons. The molecule has 19 heavy (non-hydrogen) atoms. The predicted molar refractivity (Wildman–Crippen MR) is 73.3 cm³/mol. The van der Waals surface area contributed by atoms with Crippen LogP contribution in [0.15, 0.2) is 41.6 Å². The van der Waals surface area contributed by atoms with E-state index in [-0.39, 0.29) is 5.03 Å². The highest BCUT2D eigenvalue weighted by atomic mass is 32.2. The Bertz CT molecular complexity index is 712. The number of rotatable bonds is 3. The maximum Gasteiger partial charge on any atom is 0.312 e. The van der Waals surface area contributed by atoms with Crippen molar-refractivity contribution in [3.05, 3.63) is 47.7 Å². The van der Waals surface area contributed by atoms with Gasteiger partial charge in [-0.2, -0.15) is 8.42 Å². The Kier molecular flexibility index (Phi) is 3.55. The van der Waals surface area contributed by atoms with Gasteiger partial charge in [0.1, 0.15) is 0 Å². The van der Waals surface area contributed by atoms with Gasteiger partial charge in [0, 0.05) is 23.1 Å². The Labute approximate surface area is 112 Å². The summed E-state index contributed by atoms with van der Waals surface area (Å²) in [4.78, 5) is 3.69. The minimum atomic E-state index is -4.31. The first-order valence-corrected chi connectivity index (χ1v) is 7.09. The van der Waals surface area contributed by atoms with Crippen molar-refractivity contribution in [2.24, 2.45) is 0 Å². The quantitative estimate of drug-likeness (QED) is 0.844. The number of nitrogens with one attached hydrogen (secondary N) is 1. The number of pyridine rings is 1. The first-order valence-electron chi connectivity index (χ1n) is 5.65. The summed E-state index contributed by atoms with van der Waals surface area (Å²) in [5.41, 5.74) is 2.90. The van der Waals surface area contributed by atoms with E-state index in [1.165, 1.54) is 6.20 Å². The zero-order valence-electron chi connectivity index (χ0n) is 10.6. The highest BCUT2D eigenvalue weighted by molar-refractivity contribution is 7.85. The van der Waals surface area contributed by atoms with Crippen molar-refractivity contribution in [3.63, 3.8) is 0 Å². The Morgan fingerprint density at radius 3 is 2.58 bits per heavy atom. The molecule has 5 nitrogen and oxygen atoms in total. The van der Waals surface area contributed by atoms with E-state index < -0.39 is 10.1 Å². The lowest BCUT2D eigenvalue weighted by Gasteiger charge is -2.11. The van der Waals surface area contributed by atoms with Gasteiger partial charge in [0.2, 0.25) is 0 Å². The van der Waals surface area contributed by atoms with Crippen LogP contribution in [0.25, 0.3) is 0 Å². The van der Waals surface area contributed by atoms with Gasteiger partial charge in [-0.1, -0.05) is 12.1 Å². The fourth-order valence-electron chi connectivity index (χ4n) is 1.79. The molecule has 2 aromatic rings. The number of benzene rings is 1. The molecule has 2 rings (SSSR count). The molecule has 0 aliphatic heterocycles. The molecule has 0 spiro atoms. The molecule has 0 unspecified atom stereocenters. The summed E-state index contributed by atoms with van der Waals surface area (Å²) in [6, 6.07) is 9.34. The topological polar surface area (TPSA) is 79.3 Å². The molecule has 2 N–H and O–H groups in total. The van der Waals surface area contributed by atoms with E-state index in [0.29, 0.717) is 11.3 Å². The third-order valence-corrected chi connectivity index (χ3v) is 3.60. The predicted octanol–water partition coefficient (Wildman–Crippen LogP) is 2.69. The van der Waals surface area contributed by atoms with Crippen LogP contribution in [0, 0.1) is 13.8 Å². The van der Waals surface area contributed by atoms with Crippen LogP contribution in [0.2, 0.25) is 0 Å². The number of aryl methyl sites for hydroxylation is 1. The molecule has 0 aliphatic carbocycles. The lowest BCUT2D eigenvalue weighted by Crippen LogP contribution is -2.06. The van der Waals surface area contributed by atoms with Crippen molar-refractivity contribution in [1.82, 2.24) is 4.98 Å². The highest BCUT2D eigenvalue weighted by Gasteiger charge is 2.17. The fraction of sp³-hybridized carbons (Fsp3) is 0.154. The second-order valence-electron chi connectivity index (χ2n) is 4.26. The molecule has 1 aromatic carbocycles. The van der Waals surface area contributed by atoms with E-state index >= 15 is 0 Å². The van der Waals surface area contributed by atoms with Gasteiger partial charge in [0.05, 0.1) is 0 Å². The van der Waals surface area contributed by atoms with Crippen LogP contribution in [0.4, 0.5) is 11.4 Å². The number of anilines is 2. The first-order chi connectivity index (χ1) is 8.88. The highest BCUT2D eigenvalue weighted by Crippen LogP contribution is 2.24. The summed E-state index contributed by atoms with van der Waals surface area (Å²) in [5.74, 6) is 0. The van der Waals surface area contributed by atoms with Crippen LogP contribution in [-0.2, 0) is 10.1 Å². The van der Waals surface area contributed by atoms with Crippen molar-refractivity contribution in [2.45, 2.75) is 18.9 Å². The van der Waals surface area contributed by atoms with Crippen LogP contribution < -0.4 is 5.32 Å². The van der Waals surface area contributed by atoms with Crippen LogP contribution >= 0.6 is 0 Å². The Balaban J connectivity index is 2.42. The summed E-state index contributed by atoms with van der Waals surface area (Å²) >= 11 is 0. The van der Waals surface area contributed by atoms with Crippen LogP contribution in [-0.4, -0.2) is 18.0 Å². The molecule has 1 heterocycles. The molecule has 0 saturated heterocycles. The SMILES string of the molecule is Cc1cccc(Nc2ccnc(S(=O)(=O)O)c2C)c1. The van der Waals surface area contributed by atoms with Gasteiger partial charge in [0.25, 0.3) is 0 Å². The molecular formula is C13H14N2O3S. The van der Waals surface area contributed by atoms with Gasteiger partial charge in [-0.15, -0.1) is 0 Å². The first kappa shape index (κ1) is 13.5. The monoisotopic (exact) mass is 278 g/mol. The van der Waals surface area contributed by atoms with Crippen molar-refractivity contribution in [2.75, 3.05) is 5.32 Å². The fourth-order valence-corrected chi connectivity index (χ4v) is 2.48. The number of hydrogen-bond donors (Lipinski definition) is 2. The number of aromatic nitrogens is 1. The molecule has 0 atom stereocenters. The van der Waals surface area contributed by atoms with Crippen LogP contribution in [0.3, 0.4) is 0 Å². The van der Waals surface area contributed by atoms with Gasteiger partial charge in [-0.05, 0) is 37.6 Å². The molecule has 0 fully saturated rings. The number of hydrogen-bond acceptors (Lipinski definition) is 4. The lowest BCUT2D eigenvalue weighted by molar-refractivity contribution is 0.478. The molecule has 0 aliphatic rings. The summed E-state index contributed by atoms with van der Waals surface area (Å²) < 4.78 is 31.4. The summed E-state index contributed by atoms with van der Waals surface area (Å²) in [7, 11) is -4.31. The largest absolute Gasteiger partial charge is 0.355 e. The van der Waals surface area contributed by atoms with Crippen molar-refractivity contribution in [1.29, 1.82) is 0 Å². The Morgan fingerprint density at radius 2 is 1.95 bits per heavy atom. The standard InChI is InChI=1S/C13H14N2O3S/c1-9-4-3-5-11(8-9)15-12-6-7-14-13(10(12)2)19(16,17)18/h3-8H,1-2H3,(H,14,15)(H,16,17,18). The Morgan fingerprint density at radius 1 is 1.21 bits per heavy atom. The second kappa shape index (κ2) is 4.99. The summed E-state index contributed by atoms with van der Waals surface area (Å²) in [6.45, 7) is 3.56. The maximum atomic E-state index is 11.2. The van der Waals surface area contributed by atoms with Crippen LogP contribution in [0.5, 0.6) is 0 Å². The van der Waals surface area contributed by atoms with E-state index in [0.717, 1.165) is 11.3 Å². The minimum absolute atomic E-state index is 0.329. The smallest absolute Gasteiger partial charge is 0.312 e. The van der Waals surface area contributed by atoms with E-state index in [2.05, 4.69) is 10.3 Å². The molecule has 0 amide bonds. The molecule has 0 bridgehead atoms. The maximum absolute atomic E-state index is 11.2. The third-order valence-electron chi connectivity index (χ3n) is 2.70. The van der Waals surface area contributed by atoms with Crippen LogP contribution in [0.1, 0.15) is 11.1 Å². The zero-order valence-corrected chi connectivity index (χ0v) is 11.4. The average Bonchev–Trinajstić information content (AvgIpc) is 2.30. The van der Waals surface area contributed by atoms with Crippen molar-refractivity contribution >= 4 is 21.5 Å². The summed E-state index contributed by atoms with van der Waals surface area (Å²) in [6.07, 6.45) is 1.34. The van der Waals surface area contributed by atoms with E-state index in [9.17, 15) is 8.42 Å². The summed E-state index contributed by atoms with van der Waals surface area (Å²) in [5, 5.41) is 2.78. The Hall–Kier alpha value is -1.92. The van der Waals surface area contributed by atoms with Crippen molar-refractivity contribution in [3.8, 4) is 0 Å². The van der Waals surface area contributed by atoms with E-state index in [1.807, 2.05) is 31.2 Å². The van der Waals surface area contributed by atoms with Gasteiger partial charge in [-0.25, -0.2) is 4.98 Å². The van der Waals surface area contributed by atoms with Gasteiger partial charge < -0.3 is 5.32 Å². The minimum Gasteiger partial charge on any atom is -0.355 e. The third kappa shape index (κ3) is 3.10. The average molecular weight is 278 g/mol. The van der Waals surface area contributed by atoms with Gasteiger partial charge in [-0.3, -0.25) is 4.55 Å². The molecule has 1 aromatic heterocycles. The lowest BCUT2D eigenvalue weighted by atomic mass is 10.2. The normalized spacial score (nSPS) is 11.3. The zero-order chi connectivity index (χ0) is 14.0. The molecule has 6 heteroatoms. The molecular weight excluding hydrogens is 264 g/mol. The van der Waals surface area contributed by atoms with Gasteiger partial charge in [0.15, 0.2) is 5.03 Å². The number of nitrogens with zero attached hydrogens (tertiary/aromatic N) is 1. The molecule has 100 valence electrons. The van der Waals surface area contributed by atoms with Crippen molar-refractivity contribution < 1.29 is 13.0 Å².